The Morgan fingerprint density at radius 3 is 2.42 bits per heavy atom. The zero-order valence-corrected chi connectivity index (χ0v) is 10.8. The first-order valence-electron chi connectivity index (χ1n) is 5.64. The number of rotatable bonds is 6. The summed E-state index contributed by atoms with van der Waals surface area (Å²) in [7, 11) is 2.89. The zero-order chi connectivity index (χ0) is 14.5. The fourth-order valence-corrected chi connectivity index (χ4v) is 1.75. The second-order valence-corrected chi connectivity index (χ2v) is 3.87. The Balaban J connectivity index is 2.98. The number of para-hydroxylation sites is 1. The summed E-state index contributed by atoms with van der Waals surface area (Å²) in [5.41, 5.74) is 6.06. The van der Waals surface area contributed by atoms with Gasteiger partial charge in [0.05, 0.1) is 20.8 Å². The molecule has 19 heavy (non-hydrogen) atoms. The summed E-state index contributed by atoms with van der Waals surface area (Å²) < 4.78 is 47.0. The molecular formula is C12H17F3N2O2. The molecule has 108 valence electrons. The van der Waals surface area contributed by atoms with Gasteiger partial charge >= 0.3 is 6.18 Å². The highest BCUT2D eigenvalue weighted by Gasteiger charge is 2.29. The summed E-state index contributed by atoms with van der Waals surface area (Å²) in [5, 5.41) is 2.37. The molecule has 0 aliphatic rings. The van der Waals surface area contributed by atoms with Gasteiger partial charge in [0.1, 0.15) is 0 Å². The zero-order valence-electron chi connectivity index (χ0n) is 10.8. The minimum absolute atomic E-state index is 0.0135. The van der Waals surface area contributed by atoms with Crippen molar-refractivity contribution in [3.63, 3.8) is 0 Å². The van der Waals surface area contributed by atoms with Gasteiger partial charge in [0, 0.05) is 18.2 Å². The van der Waals surface area contributed by atoms with Crippen molar-refractivity contribution >= 4 is 0 Å². The molecule has 0 radical (unpaired) electrons. The van der Waals surface area contributed by atoms with Crippen LogP contribution in [-0.4, -0.2) is 33.5 Å². The van der Waals surface area contributed by atoms with Gasteiger partial charge in [0.2, 0.25) is 0 Å². The van der Waals surface area contributed by atoms with Gasteiger partial charge in [-0.05, 0) is 6.07 Å². The van der Waals surface area contributed by atoms with Crippen molar-refractivity contribution in [2.75, 3.05) is 27.3 Å². The van der Waals surface area contributed by atoms with E-state index >= 15 is 0 Å². The molecule has 0 aromatic heterocycles. The number of nitrogens with one attached hydrogen (secondary N) is 1. The lowest BCUT2D eigenvalue weighted by Gasteiger charge is -2.21. The maximum Gasteiger partial charge on any atom is 0.401 e. The molecule has 0 aliphatic carbocycles. The maximum absolute atomic E-state index is 12.2. The molecule has 0 heterocycles. The minimum atomic E-state index is -4.29. The van der Waals surface area contributed by atoms with Gasteiger partial charge in [-0.2, -0.15) is 13.2 Å². The smallest absolute Gasteiger partial charge is 0.401 e. The van der Waals surface area contributed by atoms with Gasteiger partial charge in [-0.3, -0.25) is 0 Å². The van der Waals surface area contributed by atoms with Gasteiger partial charge in [0.15, 0.2) is 11.5 Å². The fourth-order valence-electron chi connectivity index (χ4n) is 1.75. The summed E-state index contributed by atoms with van der Waals surface area (Å²) >= 11 is 0. The third kappa shape index (κ3) is 4.29. The number of halogens is 3. The van der Waals surface area contributed by atoms with E-state index in [0.29, 0.717) is 17.1 Å². The Labute approximate surface area is 109 Å². The second kappa shape index (κ2) is 6.63. The van der Waals surface area contributed by atoms with E-state index in [-0.39, 0.29) is 6.54 Å². The van der Waals surface area contributed by atoms with Gasteiger partial charge in [0.25, 0.3) is 0 Å². The molecule has 1 atom stereocenters. The molecule has 1 rings (SSSR count). The van der Waals surface area contributed by atoms with Crippen LogP contribution >= 0.6 is 0 Å². The number of ether oxygens (including phenoxy) is 2. The SMILES string of the molecule is COc1cccc(C(CN)NCC(F)(F)F)c1OC. The van der Waals surface area contributed by atoms with Crippen molar-refractivity contribution in [1.29, 1.82) is 0 Å². The molecule has 0 aliphatic heterocycles. The van der Waals surface area contributed by atoms with Crippen LogP contribution in [0.1, 0.15) is 11.6 Å². The maximum atomic E-state index is 12.2. The Kier molecular flexibility index (Phi) is 5.44. The Bertz CT molecular complexity index is 410. The standard InChI is InChI=1S/C12H17F3N2O2/c1-18-10-5-3-4-8(11(10)19-2)9(6-16)17-7-12(13,14)15/h3-5,9,17H,6-7,16H2,1-2H3. The van der Waals surface area contributed by atoms with Crippen molar-refractivity contribution < 1.29 is 22.6 Å². The van der Waals surface area contributed by atoms with E-state index in [9.17, 15) is 13.2 Å². The van der Waals surface area contributed by atoms with E-state index in [2.05, 4.69) is 5.32 Å². The Morgan fingerprint density at radius 1 is 1.26 bits per heavy atom. The highest BCUT2D eigenvalue weighted by Crippen LogP contribution is 2.34. The van der Waals surface area contributed by atoms with Crippen molar-refractivity contribution in [1.82, 2.24) is 5.32 Å². The Morgan fingerprint density at radius 2 is 1.95 bits per heavy atom. The number of hydrogen-bond acceptors (Lipinski definition) is 4. The highest BCUT2D eigenvalue weighted by molar-refractivity contribution is 5.48. The molecule has 1 aromatic rings. The summed E-state index contributed by atoms with van der Waals surface area (Å²) in [6.07, 6.45) is -4.29. The van der Waals surface area contributed by atoms with Crippen LogP contribution in [0.5, 0.6) is 11.5 Å². The quantitative estimate of drug-likeness (QED) is 0.834. The lowest BCUT2D eigenvalue weighted by atomic mass is 10.0. The molecule has 1 unspecified atom stereocenters. The molecule has 0 amide bonds. The summed E-state index contributed by atoms with van der Waals surface area (Å²) in [6.45, 7) is -1.10. The van der Waals surface area contributed by atoms with Crippen LogP contribution in [0.3, 0.4) is 0 Å². The molecule has 3 N–H and O–H groups in total. The fraction of sp³-hybridized carbons (Fsp3) is 0.500. The van der Waals surface area contributed by atoms with Crippen molar-refractivity contribution in [2.24, 2.45) is 5.73 Å². The first kappa shape index (κ1) is 15.6. The summed E-state index contributed by atoms with van der Waals surface area (Å²) in [4.78, 5) is 0. The van der Waals surface area contributed by atoms with E-state index in [1.165, 1.54) is 14.2 Å². The predicted octanol–water partition coefficient (Wildman–Crippen LogP) is 1.86. The molecular weight excluding hydrogens is 261 g/mol. The lowest BCUT2D eigenvalue weighted by Crippen LogP contribution is -2.35. The normalized spacial score (nSPS) is 13.2. The number of nitrogens with two attached hydrogens (primary N) is 1. The molecule has 0 saturated carbocycles. The van der Waals surface area contributed by atoms with E-state index in [1.807, 2.05) is 0 Å². The lowest BCUT2D eigenvalue weighted by molar-refractivity contribution is -0.126. The van der Waals surface area contributed by atoms with Gasteiger partial charge in [-0.25, -0.2) is 0 Å². The average molecular weight is 278 g/mol. The number of hydrogen-bond donors (Lipinski definition) is 2. The first-order valence-corrected chi connectivity index (χ1v) is 5.64. The molecule has 1 aromatic carbocycles. The van der Waals surface area contributed by atoms with Crippen molar-refractivity contribution in [2.45, 2.75) is 12.2 Å². The summed E-state index contributed by atoms with van der Waals surface area (Å²) in [5.74, 6) is 0.836. The van der Waals surface area contributed by atoms with Crippen LogP contribution in [-0.2, 0) is 0 Å². The Hall–Kier alpha value is -1.47. The minimum Gasteiger partial charge on any atom is -0.493 e. The van der Waals surface area contributed by atoms with Crippen molar-refractivity contribution in [3.8, 4) is 11.5 Å². The number of alkyl halides is 3. The van der Waals surface area contributed by atoms with Gasteiger partial charge in [-0.15, -0.1) is 0 Å². The van der Waals surface area contributed by atoms with Crippen LogP contribution < -0.4 is 20.5 Å². The first-order chi connectivity index (χ1) is 8.92. The van der Waals surface area contributed by atoms with Crippen LogP contribution in [0.25, 0.3) is 0 Å². The molecule has 7 heteroatoms. The van der Waals surface area contributed by atoms with Crippen LogP contribution in [0.15, 0.2) is 18.2 Å². The van der Waals surface area contributed by atoms with Crippen LogP contribution in [0.2, 0.25) is 0 Å². The number of benzene rings is 1. The molecule has 0 saturated heterocycles. The average Bonchev–Trinajstić information content (AvgIpc) is 2.37. The van der Waals surface area contributed by atoms with E-state index in [1.54, 1.807) is 18.2 Å². The predicted molar refractivity (Wildman–Crippen MR) is 65.4 cm³/mol. The molecule has 0 bridgehead atoms. The summed E-state index contributed by atoms with van der Waals surface area (Å²) in [6, 6.07) is 4.34. The van der Waals surface area contributed by atoms with Crippen molar-refractivity contribution in [3.05, 3.63) is 23.8 Å². The molecule has 0 spiro atoms. The van der Waals surface area contributed by atoms with Gasteiger partial charge < -0.3 is 20.5 Å². The van der Waals surface area contributed by atoms with Gasteiger partial charge in [-0.1, -0.05) is 12.1 Å². The second-order valence-electron chi connectivity index (χ2n) is 3.87. The van der Waals surface area contributed by atoms with E-state index in [4.69, 9.17) is 15.2 Å². The van der Waals surface area contributed by atoms with E-state index < -0.39 is 18.8 Å². The third-order valence-electron chi connectivity index (χ3n) is 2.59. The monoisotopic (exact) mass is 278 g/mol. The largest absolute Gasteiger partial charge is 0.493 e. The molecule has 0 fully saturated rings. The van der Waals surface area contributed by atoms with Crippen LogP contribution in [0, 0.1) is 0 Å². The third-order valence-corrected chi connectivity index (χ3v) is 2.59. The van der Waals surface area contributed by atoms with Crippen LogP contribution in [0.4, 0.5) is 13.2 Å². The topological polar surface area (TPSA) is 56.5 Å². The molecule has 4 nitrogen and oxygen atoms in total. The highest BCUT2D eigenvalue weighted by atomic mass is 19.4. The van der Waals surface area contributed by atoms with E-state index in [0.717, 1.165) is 0 Å². The number of methoxy groups -OCH3 is 2.